The molecule has 0 aliphatic rings. The molecule has 31 heavy (non-hydrogen) atoms. The third-order valence-electron chi connectivity index (χ3n) is 4.19. The lowest BCUT2D eigenvalue weighted by molar-refractivity contribution is 0.204. The molecular weight excluding hydrogens is 531 g/mol. The van der Waals surface area contributed by atoms with Crippen LogP contribution < -0.4 is 20.1 Å². The van der Waals surface area contributed by atoms with Crippen LogP contribution >= 0.6 is 24.0 Å². The minimum atomic E-state index is -3.58. The zero-order chi connectivity index (χ0) is 21.8. The van der Waals surface area contributed by atoms with Crippen LogP contribution in [0.2, 0.25) is 0 Å². The second kappa shape index (κ2) is 14.2. The number of hydrogen-bond donors (Lipinski definition) is 3. The third kappa shape index (κ3) is 9.42. The molecule has 0 unspecified atom stereocenters. The molecular formula is C21H31IN4O4S. The average molecular weight is 562 g/mol. The number of rotatable bonds is 11. The maximum Gasteiger partial charge on any atom is 0.240 e. The molecule has 0 amide bonds. The highest BCUT2D eigenvalue weighted by atomic mass is 127. The normalized spacial score (nSPS) is 11.5. The largest absolute Gasteiger partial charge is 0.497 e. The molecule has 8 nitrogen and oxygen atoms in total. The summed E-state index contributed by atoms with van der Waals surface area (Å²) < 4.78 is 37.3. The van der Waals surface area contributed by atoms with Gasteiger partial charge in [-0.15, -0.1) is 24.0 Å². The number of guanidine groups is 1. The van der Waals surface area contributed by atoms with Gasteiger partial charge in [-0.1, -0.05) is 24.3 Å². The quantitative estimate of drug-likeness (QED) is 0.169. The minimum absolute atomic E-state index is 0. The number of benzene rings is 2. The molecule has 0 heterocycles. The Morgan fingerprint density at radius 3 is 2.42 bits per heavy atom. The number of hydrogen-bond acceptors (Lipinski definition) is 5. The monoisotopic (exact) mass is 562 g/mol. The number of halogens is 1. The van der Waals surface area contributed by atoms with Crippen LogP contribution in [0.5, 0.6) is 5.75 Å². The molecule has 0 atom stereocenters. The van der Waals surface area contributed by atoms with Crippen LogP contribution in [0, 0.1) is 0 Å². The van der Waals surface area contributed by atoms with Gasteiger partial charge in [0.15, 0.2) is 5.96 Å². The van der Waals surface area contributed by atoms with Gasteiger partial charge in [-0.25, -0.2) is 18.1 Å². The van der Waals surface area contributed by atoms with E-state index in [1.165, 1.54) is 7.11 Å². The predicted octanol–water partition coefficient (Wildman–Crippen LogP) is 2.49. The predicted molar refractivity (Wildman–Crippen MR) is 134 cm³/mol. The van der Waals surface area contributed by atoms with Gasteiger partial charge in [-0.2, -0.15) is 0 Å². The fraction of sp³-hybridized carbons (Fsp3) is 0.381. The molecule has 0 radical (unpaired) electrons. The van der Waals surface area contributed by atoms with E-state index < -0.39 is 10.0 Å². The Bertz CT molecular complexity index is 921. The van der Waals surface area contributed by atoms with Crippen LogP contribution in [-0.4, -0.2) is 48.3 Å². The highest BCUT2D eigenvalue weighted by Gasteiger charge is 2.13. The molecule has 10 heteroatoms. The Balaban J connectivity index is 0.00000480. The second-order valence-corrected chi connectivity index (χ2v) is 8.20. The van der Waals surface area contributed by atoms with Crippen LogP contribution in [-0.2, 0) is 27.8 Å². The van der Waals surface area contributed by atoms with Gasteiger partial charge in [0.1, 0.15) is 5.75 Å². The Kier molecular flexibility index (Phi) is 12.5. The molecule has 0 aromatic heterocycles. The first-order chi connectivity index (χ1) is 14.5. The highest BCUT2D eigenvalue weighted by molar-refractivity contribution is 14.0. The molecule has 0 saturated heterocycles. The van der Waals surface area contributed by atoms with Crippen molar-refractivity contribution in [2.75, 3.05) is 33.9 Å². The van der Waals surface area contributed by atoms with E-state index in [0.29, 0.717) is 32.2 Å². The third-order valence-corrected chi connectivity index (χ3v) is 5.65. The number of nitrogens with one attached hydrogen (secondary N) is 3. The van der Waals surface area contributed by atoms with Gasteiger partial charge in [-0.05, 0) is 42.3 Å². The van der Waals surface area contributed by atoms with Crippen LogP contribution in [0.3, 0.4) is 0 Å². The standard InChI is InChI=1S/C21H30N4O4S.HI/c1-4-22-21(23-15-17-8-10-19(29-3)11-9-17)24-16-18-6-5-7-20(14-18)30(26,27)25-12-13-28-2;/h5-11,14,25H,4,12-13,15-16H2,1-3H3,(H2,22,23,24);1H. The summed E-state index contributed by atoms with van der Waals surface area (Å²) in [6, 6.07) is 14.6. The summed E-state index contributed by atoms with van der Waals surface area (Å²) in [5.41, 5.74) is 1.89. The zero-order valence-corrected chi connectivity index (χ0v) is 21.2. The van der Waals surface area contributed by atoms with Crippen LogP contribution in [0.25, 0.3) is 0 Å². The molecule has 0 spiro atoms. The number of nitrogens with zero attached hydrogens (tertiary/aromatic N) is 1. The van der Waals surface area contributed by atoms with E-state index in [-0.39, 0.29) is 35.4 Å². The maximum atomic E-state index is 12.4. The average Bonchev–Trinajstić information content (AvgIpc) is 2.76. The SMILES string of the molecule is CCNC(=NCc1cccc(S(=O)(=O)NCCOC)c1)NCc1ccc(OC)cc1.I. The van der Waals surface area contributed by atoms with Crippen molar-refractivity contribution < 1.29 is 17.9 Å². The first-order valence-corrected chi connectivity index (χ1v) is 11.2. The van der Waals surface area contributed by atoms with E-state index in [4.69, 9.17) is 9.47 Å². The molecule has 2 aromatic carbocycles. The Labute approximate surface area is 201 Å². The van der Waals surface area contributed by atoms with Crippen molar-refractivity contribution in [1.82, 2.24) is 15.4 Å². The lowest BCUT2D eigenvalue weighted by Crippen LogP contribution is -2.36. The van der Waals surface area contributed by atoms with Crippen molar-refractivity contribution in [3.8, 4) is 5.75 Å². The van der Waals surface area contributed by atoms with Crippen molar-refractivity contribution in [3.63, 3.8) is 0 Å². The topological polar surface area (TPSA) is 101 Å². The summed E-state index contributed by atoms with van der Waals surface area (Å²) >= 11 is 0. The van der Waals surface area contributed by atoms with Gasteiger partial charge >= 0.3 is 0 Å². The number of sulfonamides is 1. The van der Waals surface area contributed by atoms with Crippen molar-refractivity contribution in [3.05, 3.63) is 59.7 Å². The van der Waals surface area contributed by atoms with Crippen molar-refractivity contribution in [2.24, 2.45) is 4.99 Å². The first kappa shape index (κ1) is 27.1. The van der Waals surface area contributed by atoms with Crippen LogP contribution in [0.1, 0.15) is 18.1 Å². The first-order valence-electron chi connectivity index (χ1n) is 9.71. The summed E-state index contributed by atoms with van der Waals surface area (Å²) in [5, 5.41) is 6.47. The van der Waals surface area contributed by atoms with E-state index in [9.17, 15) is 8.42 Å². The van der Waals surface area contributed by atoms with Crippen molar-refractivity contribution >= 4 is 40.0 Å². The molecule has 172 valence electrons. The van der Waals surface area contributed by atoms with E-state index in [1.54, 1.807) is 25.3 Å². The fourth-order valence-electron chi connectivity index (χ4n) is 2.61. The summed E-state index contributed by atoms with van der Waals surface area (Å²) in [6.07, 6.45) is 0. The second-order valence-electron chi connectivity index (χ2n) is 6.43. The fourth-order valence-corrected chi connectivity index (χ4v) is 3.70. The van der Waals surface area contributed by atoms with Crippen LogP contribution in [0.4, 0.5) is 0 Å². The lowest BCUT2D eigenvalue weighted by atomic mass is 10.2. The van der Waals surface area contributed by atoms with Crippen molar-refractivity contribution in [2.45, 2.75) is 24.9 Å². The maximum absolute atomic E-state index is 12.4. The van der Waals surface area contributed by atoms with Gasteiger partial charge < -0.3 is 20.1 Å². The van der Waals surface area contributed by atoms with Gasteiger partial charge in [0.25, 0.3) is 0 Å². The van der Waals surface area contributed by atoms with Crippen LogP contribution in [0.15, 0.2) is 58.4 Å². The Morgan fingerprint density at radius 1 is 1.03 bits per heavy atom. The summed E-state index contributed by atoms with van der Waals surface area (Å²) in [7, 11) is -0.412. The molecule has 2 rings (SSSR count). The van der Waals surface area contributed by atoms with Crippen molar-refractivity contribution in [1.29, 1.82) is 0 Å². The summed E-state index contributed by atoms with van der Waals surface area (Å²) in [4.78, 5) is 4.78. The lowest BCUT2D eigenvalue weighted by Gasteiger charge is -2.12. The molecule has 0 saturated carbocycles. The van der Waals surface area contributed by atoms with Gasteiger partial charge in [0.2, 0.25) is 10.0 Å². The number of methoxy groups -OCH3 is 2. The summed E-state index contributed by atoms with van der Waals surface area (Å²) in [6.45, 7) is 4.19. The molecule has 0 bridgehead atoms. The van der Waals surface area contributed by atoms with Gasteiger partial charge in [0.05, 0.1) is 25.2 Å². The van der Waals surface area contributed by atoms with E-state index in [2.05, 4.69) is 20.3 Å². The highest BCUT2D eigenvalue weighted by Crippen LogP contribution is 2.13. The molecule has 0 fully saturated rings. The molecule has 0 aliphatic heterocycles. The van der Waals surface area contributed by atoms with Gasteiger partial charge in [-0.3, -0.25) is 0 Å². The molecule has 0 aliphatic carbocycles. The Morgan fingerprint density at radius 2 is 1.77 bits per heavy atom. The molecule has 2 aromatic rings. The van der Waals surface area contributed by atoms with Gasteiger partial charge in [0, 0.05) is 26.7 Å². The van der Waals surface area contributed by atoms with E-state index in [0.717, 1.165) is 16.9 Å². The smallest absolute Gasteiger partial charge is 0.240 e. The number of ether oxygens (including phenoxy) is 2. The molecule has 3 N–H and O–H groups in total. The zero-order valence-electron chi connectivity index (χ0n) is 18.1. The minimum Gasteiger partial charge on any atom is -0.497 e. The summed E-state index contributed by atoms with van der Waals surface area (Å²) in [5.74, 6) is 1.46. The number of aliphatic imine (C=N–C) groups is 1. The Hall–Kier alpha value is -1.89. The van der Waals surface area contributed by atoms with E-state index >= 15 is 0 Å². The van der Waals surface area contributed by atoms with E-state index in [1.807, 2.05) is 37.3 Å².